The lowest BCUT2D eigenvalue weighted by Crippen LogP contribution is -2.11. The van der Waals surface area contributed by atoms with Crippen molar-refractivity contribution in [1.29, 1.82) is 5.26 Å². The summed E-state index contributed by atoms with van der Waals surface area (Å²) in [7, 11) is 0. The first-order valence-electron chi connectivity index (χ1n) is 22.0. The van der Waals surface area contributed by atoms with Crippen molar-refractivity contribution in [1.82, 2.24) is 39.0 Å². The van der Waals surface area contributed by atoms with Crippen molar-refractivity contribution in [3.8, 4) is 62.5 Å². The summed E-state index contributed by atoms with van der Waals surface area (Å²) in [6.07, 6.45) is -10.1. The molecule has 4 aromatic heterocycles. The standard InChI is InChI=1S/C55H35F6N9/c1-29-63-30(2)66-52(65-29)35-15-19-48-44(24-35)40-9-5-7-11-46(40)69(48)50-21-33(28-62)13-17-42(50)43-18-14-34(37-22-38(54(56,57)58)27-39(23-37)55(59,60)61)26-51(43)70-47-12-8-6-10-41(47)45-25-36(16-20-49(45)70)53-67-31(3)64-32(4)68-53/h5-27H,1-4H3. The molecular formula is C55H35F6N9. The normalized spacial score (nSPS) is 12.1. The first kappa shape index (κ1) is 43.8. The number of aryl methyl sites for hydroxylation is 4. The predicted molar refractivity (Wildman–Crippen MR) is 257 cm³/mol. The number of nitriles is 1. The number of fused-ring (bicyclic) bond motifs is 6. The molecule has 0 spiro atoms. The number of rotatable bonds is 6. The monoisotopic (exact) mass is 935 g/mol. The van der Waals surface area contributed by atoms with E-state index in [9.17, 15) is 31.6 Å². The molecule has 0 N–H and O–H groups in total. The minimum absolute atomic E-state index is 0.109. The Kier molecular flexibility index (Phi) is 10.1. The number of hydrogen-bond acceptors (Lipinski definition) is 7. The van der Waals surface area contributed by atoms with E-state index in [1.807, 2.05) is 109 Å². The van der Waals surface area contributed by atoms with Crippen LogP contribution in [0.2, 0.25) is 0 Å². The van der Waals surface area contributed by atoms with Crippen molar-refractivity contribution in [2.24, 2.45) is 0 Å². The van der Waals surface area contributed by atoms with E-state index in [-0.39, 0.29) is 17.2 Å². The number of benzene rings is 7. The van der Waals surface area contributed by atoms with Gasteiger partial charge in [0.15, 0.2) is 11.6 Å². The van der Waals surface area contributed by atoms with Crippen molar-refractivity contribution < 1.29 is 26.3 Å². The molecule has 0 fully saturated rings. The first-order chi connectivity index (χ1) is 33.5. The van der Waals surface area contributed by atoms with Crippen LogP contribution in [-0.4, -0.2) is 39.0 Å². The van der Waals surface area contributed by atoms with Gasteiger partial charge in [-0.25, -0.2) is 29.9 Å². The second kappa shape index (κ2) is 16.2. The number of alkyl halides is 6. The van der Waals surface area contributed by atoms with E-state index in [0.29, 0.717) is 79.6 Å². The van der Waals surface area contributed by atoms with Gasteiger partial charge < -0.3 is 9.13 Å². The summed E-state index contributed by atoms with van der Waals surface area (Å²) in [5.74, 6) is 3.23. The van der Waals surface area contributed by atoms with Gasteiger partial charge in [-0.05, 0) is 124 Å². The zero-order valence-electron chi connectivity index (χ0n) is 37.6. The lowest BCUT2D eigenvalue weighted by molar-refractivity contribution is -0.143. The predicted octanol–water partition coefficient (Wildman–Crippen LogP) is 14.1. The van der Waals surface area contributed by atoms with Gasteiger partial charge in [-0.2, -0.15) is 31.6 Å². The molecule has 0 bridgehead atoms. The van der Waals surface area contributed by atoms with Crippen molar-refractivity contribution in [3.05, 3.63) is 180 Å². The van der Waals surface area contributed by atoms with Crippen molar-refractivity contribution in [3.63, 3.8) is 0 Å². The number of aromatic nitrogens is 8. The molecule has 4 heterocycles. The molecule has 7 aromatic carbocycles. The van der Waals surface area contributed by atoms with Gasteiger partial charge >= 0.3 is 12.4 Å². The Balaban J connectivity index is 1.22. The van der Waals surface area contributed by atoms with Crippen LogP contribution in [-0.2, 0) is 12.4 Å². The Hall–Kier alpha value is -8.77. The molecule has 0 saturated carbocycles. The molecule has 0 radical (unpaired) electrons. The minimum atomic E-state index is -5.07. The van der Waals surface area contributed by atoms with Crippen molar-refractivity contribution in [2.45, 2.75) is 40.0 Å². The van der Waals surface area contributed by atoms with Crippen LogP contribution < -0.4 is 0 Å². The van der Waals surface area contributed by atoms with E-state index < -0.39 is 23.5 Å². The smallest absolute Gasteiger partial charge is 0.309 e. The second-order valence-electron chi connectivity index (χ2n) is 17.0. The van der Waals surface area contributed by atoms with Crippen molar-refractivity contribution in [2.75, 3.05) is 0 Å². The second-order valence-corrected chi connectivity index (χ2v) is 17.0. The van der Waals surface area contributed by atoms with E-state index in [4.69, 9.17) is 0 Å². The molecule has 11 aromatic rings. The Morgan fingerprint density at radius 3 is 1.27 bits per heavy atom. The van der Waals surface area contributed by atoms with Gasteiger partial charge in [0.2, 0.25) is 0 Å². The zero-order valence-corrected chi connectivity index (χ0v) is 37.6. The maximum atomic E-state index is 14.4. The Morgan fingerprint density at radius 1 is 0.400 bits per heavy atom. The van der Waals surface area contributed by atoms with Crippen LogP contribution in [0.1, 0.15) is 40.0 Å². The van der Waals surface area contributed by atoms with Gasteiger partial charge in [0.05, 0.1) is 56.2 Å². The van der Waals surface area contributed by atoms with Gasteiger partial charge in [-0.1, -0.05) is 54.6 Å². The molecule has 0 aliphatic rings. The molecular weight excluding hydrogens is 901 g/mol. The summed E-state index contributed by atoms with van der Waals surface area (Å²) in [5.41, 5.74) is 4.04. The highest BCUT2D eigenvalue weighted by atomic mass is 19.4. The average Bonchev–Trinajstić information content (AvgIpc) is 3.84. The summed E-state index contributed by atoms with van der Waals surface area (Å²) in [5, 5.41) is 13.8. The van der Waals surface area contributed by atoms with Crippen LogP contribution in [0.15, 0.2) is 140 Å². The quantitative estimate of drug-likeness (QED) is 0.153. The minimum Gasteiger partial charge on any atom is -0.309 e. The third kappa shape index (κ3) is 7.54. The summed E-state index contributed by atoms with van der Waals surface area (Å²) >= 11 is 0. The molecule has 0 atom stereocenters. The Labute approximate surface area is 395 Å². The van der Waals surface area contributed by atoms with Crippen LogP contribution in [0, 0.1) is 39.0 Å². The molecule has 0 amide bonds. The SMILES string of the molecule is Cc1nc(C)nc(-c2ccc3c(c2)c2ccccc2n3-c2cc(C#N)ccc2-c2ccc(-c3cc(C(F)(F)F)cc(C(F)(F)F)c3)cc2-n2c3ccccc3c3cc(-c4nc(C)nc(C)n4)ccc32)n1. The highest BCUT2D eigenvalue weighted by Crippen LogP contribution is 2.45. The highest BCUT2D eigenvalue weighted by Gasteiger charge is 2.37. The molecule has 342 valence electrons. The average molecular weight is 936 g/mol. The summed E-state index contributed by atoms with van der Waals surface area (Å²) in [6.45, 7) is 7.18. The highest BCUT2D eigenvalue weighted by molar-refractivity contribution is 6.12. The summed E-state index contributed by atoms with van der Waals surface area (Å²) < 4.78 is 90.3. The van der Waals surface area contributed by atoms with E-state index in [2.05, 4.69) is 40.5 Å². The fraction of sp³-hybridized carbons (Fsp3) is 0.109. The third-order valence-electron chi connectivity index (χ3n) is 12.4. The maximum Gasteiger partial charge on any atom is 0.416 e. The van der Waals surface area contributed by atoms with Gasteiger partial charge in [0.1, 0.15) is 23.3 Å². The zero-order chi connectivity index (χ0) is 48.8. The molecule has 70 heavy (non-hydrogen) atoms. The van der Waals surface area contributed by atoms with Crippen LogP contribution >= 0.6 is 0 Å². The van der Waals surface area contributed by atoms with Gasteiger partial charge in [-0.3, -0.25) is 0 Å². The molecule has 0 unspecified atom stereocenters. The summed E-state index contributed by atoms with van der Waals surface area (Å²) in [4.78, 5) is 27.1. The molecule has 0 saturated heterocycles. The molecule has 0 aliphatic carbocycles. The van der Waals surface area contributed by atoms with Crippen molar-refractivity contribution >= 4 is 43.6 Å². The van der Waals surface area contributed by atoms with Gasteiger partial charge in [0, 0.05) is 43.8 Å². The largest absolute Gasteiger partial charge is 0.416 e. The number of nitrogens with zero attached hydrogens (tertiary/aromatic N) is 9. The Bertz CT molecular complexity index is 3940. The number of halogens is 6. The van der Waals surface area contributed by atoms with Gasteiger partial charge in [0.25, 0.3) is 0 Å². The van der Waals surface area contributed by atoms with E-state index in [1.165, 1.54) is 6.07 Å². The Morgan fingerprint density at radius 2 is 0.814 bits per heavy atom. The molecule has 15 heteroatoms. The number of para-hydroxylation sites is 2. The van der Waals surface area contributed by atoms with Crippen LogP contribution in [0.25, 0.3) is 100 Å². The van der Waals surface area contributed by atoms with E-state index in [0.717, 1.165) is 50.3 Å². The maximum absolute atomic E-state index is 14.4. The summed E-state index contributed by atoms with van der Waals surface area (Å²) in [6, 6.07) is 41.2. The third-order valence-corrected chi connectivity index (χ3v) is 12.4. The van der Waals surface area contributed by atoms with Crippen LogP contribution in [0.4, 0.5) is 26.3 Å². The van der Waals surface area contributed by atoms with E-state index >= 15 is 0 Å². The lowest BCUT2D eigenvalue weighted by atomic mass is 9.94. The van der Waals surface area contributed by atoms with Crippen LogP contribution in [0.5, 0.6) is 0 Å². The molecule has 11 rings (SSSR count). The fourth-order valence-corrected chi connectivity index (χ4v) is 9.49. The van der Waals surface area contributed by atoms with E-state index in [1.54, 1.807) is 38.1 Å². The number of hydrogen-bond donors (Lipinski definition) is 0. The molecule has 9 nitrogen and oxygen atoms in total. The first-order valence-corrected chi connectivity index (χ1v) is 22.0. The molecule has 0 aliphatic heterocycles. The lowest BCUT2D eigenvalue weighted by Gasteiger charge is -2.20. The fourth-order valence-electron chi connectivity index (χ4n) is 9.49. The van der Waals surface area contributed by atoms with Crippen LogP contribution in [0.3, 0.4) is 0 Å². The van der Waals surface area contributed by atoms with Gasteiger partial charge in [-0.15, -0.1) is 0 Å². The topological polar surface area (TPSA) is 111 Å².